The third-order valence-electron chi connectivity index (χ3n) is 4.66. The van der Waals surface area contributed by atoms with Gasteiger partial charge in [-0.25, -0.2) is 0 Å². The van der Waals surface area contributed by atoms with Gasteiger partial charge in [0.25, 0.3) is 5.91 Å². The highest BCUT2D eigenvalue weighted by atomic mass is 35.5. The number of halogens is 1. The van der Waals surface area contributed by atoms with Crippen molar-refractivity contribution in [1.82, 2.24) is 10.2 Å². The van der Waals surface area contributed by atoms with Crippen molar-refractivity contribution in [3.8, 4) is 5.75 Å². The molecule has 1 atom stereocenters. The van der Waals surface area contributed by atoms with Crippen LogP contribution < -0.4 is 10.1 Å². The summed E-state index contributed by atoms with van der Waals surface area (Å²) in [6, 6.07) is 14.5. The second-order valence-corrected chi connectivity index (χ2v) is 6.87. The molecule has 1 aliphatic rings. The zero-order chi connectivity index (χ0) is 19.2. The largest absolute Gasteiger partial charge is 0.494 e. The summed E-state index contributed by atoms with van der Waals surface area (Å²) in [6.07, 6.45) is 1.87. The van der Waals surface area contributed by atoms with Gasteiger partial charge in [0.05, 0.1) is 19.2 Å². The van der Waals surface area contributed by atoms with Crippen molar-refractivity contribution < 1.29 is 14.3 Å². The topological polar surface area (TPSA) is 58.6 Å². The molecule has 0 bridgehead atoms. The second kappa shape index (κ2) is 8.91. The molecule has 2 aromatic carbocycles. The minimum atomic E-state index is -0.281. The molecular weight excluding hydrogens is 364 g/mol. The molecule has 2 amide bonds. The molecule has 0 spiro atoms. The Labute approximate surface area is 164 Å². The van der Waals surface area contributed by atoms with Gasteiger partial charge in [0.1, 0.15) is 5.75 Å². The first-order chi connectivity index (χ1) is 13.1. The van der Waals surface area contributed by atoms with Crippen molar-refractivity contribution in [2.45, 2.75) is 25.8 Å². The predicted molar refractivity (Wildman–Crippen MR) is 105 cm³/mol. The van der Waals surface area contributed by atoms with Crippen molar-refractivity contribution in [3.05, 3.63) is 64.7 Å². The Morgan fingerprint density at radius 2 is 1.85 bits per heavy atom. The summed E-state index contributed by atoms with van der Waals surface area (Å²) >= 11 is 5.83. The van der Waals surface area contributed by atoms with E-state index < -0.39 is 0 Å². The van der Waals surface area contributed by atoms with Crippen LogP contribution in [0, 0.1) is 0 Å². The van der Waals surface area contributed by atoms with Gasteiger partial charge in [-0.3, -0.25) is 9.59 Å². The SMILES string of the molecule is CCOc1ccc([C@@H]2CCCN2C(=O)CNC(=O)c2ccc(Cl)cc2)cc1. The quantitative estimate of drug-likeness (QED) is 0.820. The van der Waals surface area contributed by atoms with E-state index in [1.165, 1.54) is 0 Å². The van der Waals surface area contributed by atoms with Crippen LogP contribution in [0.4, 0.5) is 0 Å². The van der Waals surface area contributed by atoms with Crippen molar-refractivity contribution in [1.29, 1.82) is 0 Å². The lowest BCUT2D eigenvalue weighted by molar-refractivity contribution is -0.131. The Morgan fingerprint density at radius 1 is 1.15 bits per heavy atom. The number of ether oxygens (including phenoxy) is 1. The first-order valence-corrected chi connectivity index (χ1v) is 9.52. The molecule has 0 unspecified atom stereocenters. The van der Waals surface area contributed by atoms with Crippen molar-refractivity contribution in [3.63, 3.8) is 0 Å². The van der Waals surface area contributed by atoms with Crippen LogP contribution in [0.5, 0.6) is 5.75 Å². The van der Waals surface area contributed by atoms with Gasteiger partial charge in [-0.2, -0.15) is 0 Å². The Morgan fingerprint density at radius 3 is 2.52 bits per heavy atom. The number of hydrogen-bond acceptors (Lipinski definition) is 3. The fourth-order valence-electron chi connectivity index (χ4n) is 3.33. The van der Waals surface area contributed by atoms with E-state index in [0.717, 1.165) is 24.2 Å². The Hall–Kier alpha value is -2.53. The van der Waals surface area contributed by atoms with Gasteiger partial charge >= 0.3 is 0 Å². The van der Waals surface area contributed by atoms with E-state index in [2.05, 4.69) is 5.32 Å². The van der Waals surface area contributed by atoms with E-state index >= 15 is 0 Å². The lowest BCUT2D eigenvalue weighted by Gasteiger charge is -2.25. The number of rotatable bonds is 6. The second-order valence-electron chi connectivity index (χ2n) is 6.44. The van der Waals surface area contributed by atoms with Crippen LogP contribution in [0.1, 0.15) is 41.7 Å². The minimum absolute atomic E-state index is 0.0189. The maximum Gasteiger partial charge on any atom is 0.251 e. The van der Waals surface area contributed by atoms with E-state index in [4.69, 9.17) is 16.3 Å². The minimum Gasteiger partial charge on any atom is -0.494 e. The summed E-state index contributed by atoms with van der Waals surface area (Å²) in [5.74, 6) is 0.470. The van der Waals surface area contributed by atoms with Gasteiger partial charge in [0.2, 0.25) is 5.91 Å². The van der Waals surface area contributed by atoms with Gasteiger partial charge in [-0.1, -0.05) is 23.7 Å². The number of carbonyl (C=O) groups excluding carboxylic acids is 2. The van der Waals surface area contributed by atoms with Crippen LogP contribution in [-0.4, -0.2) is 36.4 Å². The van der Waals surface area contributed by atoms with Crippen LogP contribution in [0.3, 0.4) is 0 Å². The molecule has 1 heterocycles. The normalized spacial score (nSPS) is 16.2. The molecule has 0 radical (unpaired) electrons. The molecule has 1 fully saturated rings. The first kappa shape index (κ1) is 19.2. The fourth-order valence-corrected chi connectivity index (χ4v) is 3.45. The molecule has 0 saturated carbocycles. The average molecular weight is 387 g/mol. The lowest BCUT2D eigenvalue weighted by Crippen LogP contribution is -2.39. The Bertz CT molecular complexity index is 790. The highest BCUT2D eigenvalue weighted by molar-refractivity contribution is 6.30. The summed E-state index contributed by atoms with van der Waals surface area (Å²) in [5.41, 5.74) is 1.57. The van der Waals surface area contributed by atoms with Gasteiger partial charge in [0.15, 0.2) is 0 Å². The molecule has 142 valence electrons. The third-order valence-corrected chi connectivity index (χ3v) is 4.91. The van der Waals surface area contributed by atoms with Gasteiger partial charge in [-0.05, 0) is 61.7 Å². The molecular formula is C21H23ClN2O3. The van der Waals surface area contributed by atoms with Crippen LogP contribution in [-0.2, 0) is 4.79 Å². The fraction of sp³-hybridized carbons (Fsp3) is 0.333. The zero-order valence-corrected chi connectivity index (χ0v) is 16.0. The summed E-state index contributed by atoms with van der Waals surface area (Å²) in [5, 5.41) is 3.27. The Kier molecular flexibility index (Phi) is 6.35. The maximum atomic E-state index is 12.7. The molecule has 6 heteroatoms. The highest BCUT2D eigenvalue weighted by Crippen LogP contribution is 2.32. The monoisotopic (exact) mass is 386 g/mol. The van der Waals surface area contributed by atoms with Crippen molar-refractivity contribution >= 4 is 23.4 Å². The lowest BCUT2D eigenvalue weighted by atomic mass is 10.0. The summed E-state index contributed by atoms with van der Waals surface area (Å²) in [6.45, 7) is 3.26. The number of benzene rings is 2. The summed E-state index contributed by atoms with van der Waals surface area (Å²) in [4.78, 5) is 26.7. The summed E-state index contributed by atoms with van der Waals surface area (Å²) in [7, 11) is 0. The molecule has 1 N–H and O–H groups in total. The first-order valence-electron chi connectivity index (χ1n) is 9.14. The molecule has 2 aromatic rings. The standard InChI is InChI=1S/C21H23ClN2O3/c1-2-27-18-11-7-15(8-12-18)19-4-3-13-24(19)20(25)14-23-21(26)16-5-9-17(22)10-6-16/h5-12,19H,2-4,13-14H2,1H3,(H,23,26)/t19-/m0/s1. The van der Waals surface area contributed by atoms with Crippen LogP contribution in [0.25, 0.3) is 0 Å². The molecule has 1 aliphatic heterocycles. The molecule has 0 aromatic heterocycles. The maximum absolute atomic E-state index is 12.7. The van der Waals surface area contributed by atoms with Gasteiger partial charge < -0.3 is 15.0 Å². The molecule has 3 rings (SSSR count). The molecule has 27 heavy (non-hydrogen) atoms. The van der Waals surface area contributed by atoms with E-state index in [-0.39, 0.29) is 24.4 Å². The van der Waals surface area contributed by atoms with Gasteiger partial charge in [0, 0.05) is 17.1 Å². The summed E-state index contributed by atoms with van der Waals surface area (Å²) < 4.78 is 5.48. The predicted octanol–water partition coefficient (Wildman–Crippen LogP) is 3.83. The van der Waals surface area contributed by atoms with Gasteiger partial charge in [-0.15, -0.1) is 0 Å². The van der Waals surface area contributed by atoms with E-state index in [1.807, 2.05) is 36.1 Å². The van der Waals surface area contributed by atoms with E-state index in [9.17, 15) is 9.59 Å². The van der Waals surface area contributed by atoms with Crippen molar-refractivity contribution in [2.75, 3.05) is 19.7 Å². The number of nitrogens with one attached hydrogen (secondary N) is 1. The van der Waals surface area contributed by atoms with Crippen LogP contribution in [0.15, 0.2) is 48.5 Å². The third kappa shape index (κ3) is 4.80. The number of likely N-dealkylation sites (tertiary alicyclic amines) is 1. The number of hydrogen-bond donors (Lipinski definition) is 1. The Balaban J connectivity index is 1.59. The van der Waals surface area contributed by atoms with E-state index in [1.54, 1.807) is 24.3 Å². The van der Waals surface area contributed by atoms with E-state index in [0.29, 0.717) is 23.7 Å². The number of nitrogens with zero attached hydrogens (tertiary/aromatic N) is 1. The number of amides is 2. The molecule has 0 aliphatic carbocycles. The smallest absolute Gasteiger partial charge is 0.251 e. The highest BCUT2D eigenvalue weighted by Gasteiger charge is 2.29. The van der Waals surface area contributed by atoms with Crippen LogP contribution >= 0.6 is 11.6 Å². The zero-order valence-electron chi connectivity index (χ0n) is 15.3. The van der Waals surface area contributed by atoms with Crippen LogP contribution in [0.2, 0.25) is 5.02 Å². The number of carbonyl (C=O) groups is 2. The van der Waals surface area contributed by atoms with Crippen molar-refractivity contribution in [2.24, 2.45) is 0 Å². The average Bonchev–Trinajstić information content (AvgIpc) is 3.17. The molecule has 5 nitrogen and oxygen atoms in total. The molecule has 1 saturated heterocycles.